The van der Waals surface area contributed by atoms with Gasteiger partial charge in [0.2, 0.25) is 5.91 Å². The van der Waals surface area contributed by atoms with E-state index in [9.17, 15) is 4.79 Å². The monoisotopic (exact) mass is 317 g/mol. The van der Waals surface area contributed by atoms with E-state index in [1.54, 1.807) is 6.20 Å². The van der Waals surface area contributed by atoms with E-state index in [4.69, 9.17) is 0 Å². The topological polar surface area (TPSA) is 46.9 Å². The van der Waals surface area contributed by atoms with Crippen molar-refractivity contribution in [2.45, 2.75) is 58.5 Å². The molecular formula is C17H23N3OS. The Balaban J connectivity index is 1.49. The lowest BCUT2D eigenvalue weighted by molar-refractivity contribution is -0.121. The van der Waals surface area contributed by atoms with Crippen LogP contribution < -0.4 is 5.32 Å². The zero-order chi connectivity index (χ0) is 15.4. The first-order valence-corrected chi connectivity index (χ1v) is 9.00. The standard InChI is InChI=1S/C17H23N3OS/c1-2-16-18-8-10-20(16)9-7-17(21)19-11-13-12-22-15-6-4-3-5-14(13)15/h8,10,12H,2-7,9,11H2,1H3,(H,19,21). The third kappa shape index (κ3) is 3.40. The van der Waals surface area contributed by atoms with Gasteiger partial charge < -0.3 is 9.88 Å². The fraction of sp³-hybridized carbons (Fsp3) is 0.529. The molecule has 22 heavy (non-hydrogen) atoms. The minimum Gasteiger partial charge on any atom is -0.352 e. The first kappa shape index (κ1) is 15.3. The summed E-state index contributed by atoms with van der Waals surface area (Å²) in [6.45, 7) is 3.46. The number of nitrogens with one attached hydrogen (secondary N) is 1. The van der Waals surface area contributed by atoms with Gasteiger partial charge in [0.15, 0.2) is 0 Å². The Kier molecular flexibility index (Phi) is 4.93. The molecule has 0 radical (unpaired) electrons. The molecule has 0 saturated heterocycles. The lowest BCUT2D eigenvalue weighted by atomic mass is 9.96. The van der Waals surface area contributed by atoms with Gasteiger partial charge in [-0.2, -0.15) is 0 Å². The molecule has 4 nitrogen and oxygen atoms in total. The maximum atomic E-state index is 12.1. The smallest absolute Gasteiger partial charge is 0.222 e. The minimum atomic E-state index is 0.117. The van der Waals surface area contributed by atoms with E-state index in [1.165, 1.54) is 41.7 Å². The van der Waals surface area contributed by atoms with Crippen molar-refractivity contribution in [1.29, 1.82) is 0 Å². The molecule has 2 aromatic heterocycles. The van der Waals surface area contributed by atoms with Crippen molar-refractivity contribution in [2.75, 3.05) is 0 Å². The Morgan fingerprint density at radius 2 is 2.27 bits per heavy atom. The Labute approximate surface area is 135 Å². The number of thiophene rings is 1. The minimum absolute atomic E-state index is 0.117. The van der Waals surface area contributed by atoms with Crippen molar-refractivity contribution in [2.24, 2.45) is 0 Å². The summed E-state index contributed by atoms with van der Waals surface area (Å²) >= 11 is 1.86. The molecule has 0 saturated carbocycles. The Bertz CT molecular complexity index is 644. The van der Waals surface area contributed by atoms with Crippen LogP contribution in [-0.2, 0) is 37.1 Å². The number of aryl methyl sites for hydroxylation is 3. The summed E-state index contributed by atoms with van der Waals surface area (Å²) in [7, 11) is 0. The summed E-state index contributed by atoms with van der Waals surface area (Å²) in [4.78, 5) is 17.9. The van der Waals surface area contributed by atoms with E-state index in [0.717, 1.165) is 12.2 Å². The number of amides is 1. The van der Waals surface area contributed by atoms with Crippen LogP contribution in [-0.4, -0.2) is 15.5 Å². The summed E-state index contributed by atoms with van der Waals surface area (Å²) < 4.78 is 2.06. The molecule has 1 amide bonds. The average Bonchev–Trinajstić information content (AvgIpc) is 3.17. The molecule has 0 unspecified atom stereocenters. The molecule has 0 fully saturated rings. The number of carbonyl (C=O) groups excluding carboxylic acids is 1. The lowest BCUT2D eigenvalue weighted by Crippen LogP contribution is -2.24. The number of carbonyl (C=O) groups is 1. The van der Waals surface area contributed by atoms with Gasteiger partial charge in [0.1, 0.15) is 5.82 Å². The number of rotatable bonds is 6. The predicted octanol–water partition coefficient (Wildman–Crippen LogP) is 3.09. The molecule has 2 heterocycles. The quantitative estimate of drug-likeness (QED) is 0.890. The molecule has 1 N–H and O–H groups in total. The van der Waals surface area contributed by atoms with E-state index in [1.807, 2.05) is 17.5 Å². The van der Waals surface area contributed by atoms with Crippen LogP contribution in [0, 0.1) is 0 Å². The van der Waals surface area contributed by atoms with E-state index in [2.05, 4.69) is 27.2 Å². The SMILES string of the molecule is CCc1nccn1CCC(=O)NCc1csc2c1CCCC2. The fourth-order valence-corrected chi connectivity index (χ4v) is 4.22. The van der Waals surface area contributed by atoms with Crippen LogP contribution in [0.5, 0.6) is 0 Å². The van der Waals surface area contributed by atoms with E-state index in [-0.39, 0.29) is 5.91 Å². The van der Waals surface area contributed by atoms with Crippen molar-refractivity contribution in [3.63, 3.8) is 0 Å². The summed E-state index contributed by atoms with van der Waals surface area (Å²) in [6.07, 6.45) is 10.1. The maximum absolute atomic E-state index is 12.1. The predicted molar refractivity (Wildman–Crippen MR) is 89.0 cm³/mol. The Morgan fingerprint density at radius 1 is 1.41 bits per heavy atom. The molecule has 0 aliphatic heterocycles. The molecule has 1 aliphatic carbocycles. The van der Waals surface area contributed by atoms with Crippen LogP contribution in [0.2, 0.25) is 0 Å². The fourth-order valence-electron chi connectivity index (χ4n) is 3.07. The molecule has 118 valence electrons. The summed E-state index contributed by atoms with van der Waals surface area (Å²) in [6, 6.07) is 0. The number of imidazole rings is 1. The van der Waals surface area contributed by atoms with Gasteiger partial charge >= 0.3 is 0 Å². The Morgan fingerprint density at radius 3 is 3.14 bits per heavy atom. The second kappa shape index (κ2) is 7.09. The zero-order valence-corrected chi connectivity index (χ0v) is 13.9. The maximum Gasteiger partial charge on any atom is 0.222 e. The molecule has 0 aromatic carbocycles. The van der Waals surface area contributed by atoms with E-state index >= 15 is 0 Å². The van der Waals surface area contributed by atoms with Crippen molar-refractivity contribution in [1.82, 2.24) is 14.9 Å². The molecule has 0 bridgehead atoms. The largest absolute Gasteiger partial charge is 0.352 e. The highest BCUT2D eigenvalue weighted by Gasteiger charge is 2.15. The first-order chi connectivity index (χ1) is 10.8. The molecule has 3 rings (SSSR count). The van der Waals surface area contributed by atoms with Crippen LogP contribution in [0.25, 0.3) is 0 Å². The van der Waals surface area contributed by atoms with Crippen LogP contribution in [0.4, 0.5) is 0 Å². The number of hydrogen-bond acceptors (Lipinski definition) is 3. The van der Waals surface area contributed by atoms with Gasteiger partial charge in [0.05, 0.1) is 0 Å². The number of aromatic nitrogens is 2. The molecule has 1 aliphatic rings. The highest BCUT2D eigenvalue weighted by Crippen LogP contribution is 2.30. The van der Waals surface area contributed by atoms with Gasteiger partial charge in [-0.3, -0.25) is 4.79 Å². The van der Waals surface area contributed by atoms with Gasteiger partial charge in [0.25, 0.3) is 0 Å². The normalized spacial score (nSPS) is 13.9. The second-order valence-electron chi connectivity index (χ2n) is 5.79. The number of fused-ring (bicyclic) bond motifs is 1. The van der Waals surface area contributed by atoms with Gasteiger partial charge in [-0.25, -0.2) is 4.98 Å². The van der Waals surface area contributed by atoms with Crippen LogP contribution in [0.1, 0.15) is 48.0 Å². The second-order valence-corrected chi connectivity index (χ2v) is 6.75. The van der Waals surface area contributed by atoms with Crippen LogP contribution in [0.3, 0.4) is 0 Å². The van der Waals surface area contributed by atoms with Gasteiger partial charge in [-0.1, -0.05) is 6.92 Å². The zero-order valence-electron chi connectivity index (χ0n) is 13.1. The van der Waals surface area contributed by atoms with Crippen molar-refractivity contribution < 1.29 is 4.79 Å². The Hall–Kier alpha value is -1.62. The number of nitrogens with zero attached hydrogens (tertiary/aromatic N) is 2. The summed E-state index contributed by atoms with van der Waals surface area (Å²) in [5.74, 6) is 1.16. The van der Waals surface area contributed by atoms with Gasteiger partial charge in [-0.05, 0) is 42.2 Å². The van der Waals surface area contributed by atoms with E-state index in [0.29, 0.717) is 19.5 Å². The molecule has 0 spiro atoms. The molecule has 0 atom stereocenters. The average molecular weight is 317 g/mol. The van der Waals surface area contributed by atoms with Crippen LogP contribution in [0.15, 0.2) is 17.8 Å². The third-order valence-corrected chi connectivity index (χ3v) is 5.46. The van der Waals surface area contributed by atoms with Gasteiger partial charge in [0, 0.05) is 43.2 Å². The summed E-state index contributed by atoms with van der Waals surface area (Å²) in [5, 5.41) is 5.29. The molecule has 5 heteroatoms. The summed E-state index contributed by atoms with van der Waals surface area (Å²) in [5.41, 5.74) is 2.82. The van der Waals surface area contributed by atoms with Gasteiger partial charge in [-0.15, -0.1) is 11.3 Å². The van der Waals surface area contributed by atoms with Crippen molar-refractivity contribution in [3.8, 4) is 0 Å². The number of hydrogen-bond donors (Lipinski definition) is 1. The van der Waals surface area contributed by atoms with Crippen molar-refractivity contribution >= 4 is 17.2 Å². The highest BCUT2D eigenvalue weighted by atomic mass is 32.1. The third-order valence-electron chi connectivity index (χ3n) is 4.32. The van der Waals surface area contributed by atoms with Crippen molar-refractivity contribution in [3.05, 3.63) is 39.6 Å². The van der Waals surface area contributed by atoms with E-state index < -0.39 is 0 Å². The first-order valence-electron chi connectivity index (χ1n) is 8.12. The lowest BCUT2D eigenvalue weighted by Gasteiger charge is -2.13. The molecular weight excluding hydrogens is 294 g/mol. The molecule has 2 aromatic rings. The van der Waals surface area contributed by atoms with Crippen LogP contribution >= 0.6 is 11.3 Å². The highest BCUT2D eigenvalue weighted by molar-refractivity contribution is 7.10.